The quantitative estimate of drug-likeness (QED) is 0.917. The normalized spacial score (nSPS) is 18.5. The van der Waals surface area contributed by atoms with Crippen molar-refractivity contribution in [3.05, 3.63) is 66.0 Å². The number of benzene rings is 2. The number of halogens is 1. The zero-order chi connectivity index (χ0) is 14.8. The predicted molar refractivity (Wildman–Crippen MR) is 76.1 cm³/mol. The molecular formula is C16H13FN2O2. The number of anilines is 1. The van der Waals surface area contributed by atoms with Crippen LogP contribution in [0.4, 0.5) is 10.1 Å². The van der Waals surface area contributed by atoms with Crippen molar-refractivity contribution in [2.24, 2.45) is 0 Å². The van der Waals surface area contributed by atoms with Gasteiger partial charge in [0.2, 0.25) is 5.91 Å². The lowest BCUT2D eigenvalue weighted by molar-refractivity contribution is -0.131. The van der Waals surface area contributed by atoms with E-state index >= 15 is 0 Å². The Morgan fingerprint density at radius 3 is 2.52 bits per heavy atom. The number of nitrogens with zero attached hydrogens (tertiary/aromatic N) is 1. The summed E-state index contributed by atoms with van der Waals surface area (Å²) in [7, 11) is 0. The Kier molecular flexibility index (Phi) is 3.39. The molecular weight excluding hydrogens is 271 g/mol. The van der Waals surface area contributed by atoms with Crippen LogP contribution in [-0.2, 0) is 9.59 Å². The number of hydrogen-bond donors (Lipinski definition) is 1. The van der Waals surface area contributed by atoms with Gasteiger partial charge in [-0.1, -0.05) is 36.4 Å². The Hall–Kier alpha value is -2.69. The molecule has 0 bridgehead atoms. The van der Waals surface area contributed by atoms with Gasteiger partial charge in [-0.25, -0.2) is 4.39 Å². The lowest BCUT2D eigenvalue weighted by Crippen LogP contribution is -2.53. The SMILES string of the molecule is O=C1CN(c2cccc(F)c2)C(=O)C(c2ccccc2)N1. The van der Waals surface area contributed by atoms with Crippen molar-refractivity contribution in [1.29, 1.82) is 0 Å². The molecule has 0 saturated carbocycles. The van der Waals surface area contributed by atoms with Gasteiger partial charge in [-0.3, -0.25) is 9.59 Å². The van der Waals surface area contributed by atoms with Crippen molar-refractivity contribution in [3.63, 3.8) is 0 Å². The zero-order valence-corrected chi connectivity index (χ0v) is 11.1. The lowest BCUT2D eigenvalue weighted by Gasteiger charge is -2.32. The van der Waals surface area contributed by atoms with Crippen LogP contribution in [0, 0.1) is 5.82 Å². The maximum Gasteiger partial charge on any atom is 0.254 e. The minimum atomic E-state index is -0.740. The second-order valence-corrected chi connectivity index (χ2v) is 4.82. The first-order chi connectivity index (χ1) is 10.1. The minimum Gasteiger partial charge on any atom is -0.339 e. The summed E-state index contributed by atoms with van der Waals surface area (Å²) in [5.74, 6) is -0.985. The number of amides is 2. The molecule has 0 aliphatic carbocycles. The average Bonchev–Trinajstić information content (AvgIpc) is 2.50. The maximum atomic E-state index is 13.3. The smallest absolute Gasteiger partial charge is 0.254 e. The van der Waals surface area contributed by atoms with E-state index in [1.165, 1.54) is 23.1 Å². The van der Waals surface area contributed by atoms with Gasteiger partial charge in [0, 0.05) is 5.69 Å². The molecule has 4 nitrogen and oxygen atoms in total. The van der Waals surface area contributed by atoms with Gasteiger partial charge >= 0.3 is 0 Å². The number of piperazine rings is 1. The maximum absolute atomic E-state index is 13.3. The van der Waals surface area contributed by atoms with Crippen molar-refractivity contribution >= 4 is 17.5 Å². The van der Waals surface area contributed by atoms with E-state index in [1.807, 2.05) is 6.07 Å². The Bertz CT molecular complexity index is 688. The summed E-state index contributed by atoms with van der Waals surface area (Å²) in [4.78, 5) is 25.7. The second kappa shape index (κ2) is 5.36. The van der Waals surface area contributed by atoms with Gasteiger partial charge in [-0.2, -0.15) is 0 Å². The van der Waals surface area contributed by atoms with Crippen LogP contribution < -0.4 is 10.2 Å². The largest absolute Gasteiger partial charge is 0.339 e. The van der Waals surface area contributed by atoms with Gasteiger partial charge in [0.05, 0.1) is 0 Å². The molecule has 1 N–H and O–H groups in total. The molecule has 0 aromatic heterocycles. The van der Waals surface area contributed by atoms with Crippen LogP contribution in [0.15, 0.2) is 54.6 Å². The highest BCUT2D eigenvalue weighted by atomic mass is 19.1. The van der Waals surface area contributed by atoms with Crippen LogP contribution in [0.25, 0.3) is 0 Å². The van der Waals surface area contributed by atoms with E-state index in [4.69, 9.17) is 0 Å². The molecule has 1 unspecified atom stereocenters. The van der Waals surface area contributed by atoms with Crippen molar-refractivity contribution < 1.29 is 14.0 Å². The number of carbonyl (C=O) groups excluding carboxylic acids is 2. The first-order valence-electron chi connectivity index (χ1n) is 6.56. The molecule has 5 heteroatoms. The Balaban J connectivity index is 1.96. The van der Waals surface area contributed by atoms with Crippen molar-refractivity contribution in [2.45, 2.75) is 6.04 Å². The van der Waals surface area contributed by atoms with E-state index in [0.717, 1.165) is 0 Å². The monoisotopic (exact) mass is 284 g/mol. The van der Waals surface area contributed by atoms with E-state index in [1.54, 1.807) is 30.3 Å². The van der Waals surface area contributed by atoms with Crippen molar-refractivity contribution in [1.82, 2.24) is 5.32 Å². The molecule has 0 radical (unpaired) electrons. The highest BCUT2D eigenvalue weighted by molar-refractivity contribution is 6.06. The van der Waals surface area contributed by atoms with Gasteiger partial charge in [-0.15, -0.1) is 0 Å². The van der Waals surface area contributed by atoms with E-state index in [9.17, 15) is 14.0 Å². The van der Waals surface area contributed by atoms with Crippen LogP contribution in [0.5, 0.6) is 0 Å². The molecule has 1 aliphatic heterocycles. The molecule has 106 valence electrons. The molecule has 1 saturated heterocycles. The third kappa shape index (κ3) is 2.63. The van der Waals surface area contributed by atoms with Crippen molar-refractivity contribution in [3.8, 4) is 0 Å². The molecule has 0 spiro atoms. The molecule has 1 aliphatic rings. The summed E-state index contributed by atoms with van der Waals surface area (Å²) < 4.78 is 13.3. The predicted octanol–water partition coefficient (Wildman–Crippen LogP) is 2.03. The fraction of sp³-hybridized carbons (Fsp3) is 0.125. The third-order valence-corrected chi connectivity index (χ3v) is 3.37. The Morgan fingerprint density at radius 1 is 1.05 bits per heavy atom. The number of hydrogen-bond acceptors (Lipinski definition) is 2. The molecule has 3 rings (SSSR count). The van der Waals surface area contributed by atoms with E-state index in [0.29, 0.717) is 11.3 Å². The number of carbonyl (C=O) groups is 2. The summed E-state index contributed by atoms with van der Waals surface area (Å²) in [6.07, 6.45) is 0. The van der Waals surface area contributed by atoms with Crippen LogP contribution in [-0.4, -0.2) is 18.4 Å². The standard InChI is InChI=1S/C16H13FN2O2/c17-12-7-4-8-13(9-12)19-10-14(20)18-15(16(19)21)11-5-2-1-3-6-11/h1-9,15H,10H2,(H,18,20). The van der Waals surface area contributed by atoms with Gasteiger partial charge in [0.1, 0.15) is 18.4 Å². The molecule has 1 heterocycles. The summed E-state index contributed by atoms with van der Waals surface area (Å²) >= 11 is 0. The van der Waals surface area contributed by atoms with E-state index < -0.39 is 11.9 Å². The summed E-state index contributed by atoms with van der Waals surface area (Å²) in [5, 5.41) is 2.67. The number of nitrogens with one attached hydrogen (secondary N) is 1. The highest BCUT2D eigenvalue weighted by Crippen LogP contribution is 2.24. The molecule has 2 aromatic rings. The summed E-state index contributed by atoms with van der Waals surface area (Å²) in [6.45, 7) is -0.106. The fourth-order valence-corrected chi connectivity index (χ4v) is 2.38. The lowest BCUT2D eigenvalue weighted by atomic mass is 10.0. The molecule has 2 amide bonds. The third-order valence-electron chi connectivity index (χ3n) is 3.37. The Morgan fingerprint density at radius 2 is 1.81 bits per heavy atom. The zero-order valence-electron chi connectivity index (χ0n) is 11.1. The average molecular weight is 284 g/mol. The van der Waals surface area contributed by atoms with Crippen LogP contribution in [0.1, 0.15) is 11.6 Å². The fourth-order valence-electron chi connectivity index (χ4n) is 2.38. The van der Waals surface area contributed by atoms with Crippen LogP contribution in [0.2, 0.25) is 0 Å². The van der Waals surface area contributed by atoms with E-state index in [2.05, 4.69) is 5.32 Å². The van der Waals surface area contributed by atoms with Gasteiger partial charge < -0.3 is 10.2 Å². The first kappa shape index (κ1) is 13.3. The number of rotatable bonds is 2. The van der Waals surface area contributed by atoms with E-state index in [-0.39, 0.29) is 18.4 Å². The van der Waals surface area contributed by atoms with Gasteiger partial charge in [0.25, 0.3) is 5.91 Å². The van der Waals surface area contributed by atoms with Crippen molar-refractivity contribution in [2.75, 3.05) is 11.4 Å². The van der Waals surface area contributed by atoms with Gasteiger partial charge in [0.15, 0.2) is 0 Å². The first-order valence-corrected chi connectivity index (χ1v) is 6.56. The molecule has 1 atom stereocenters. The molecule has 21 heavy (non-hydrogen) atoms. The van der Waals surface area contributed by atoms with Crippen LogP contribution in [0.3, 0.4) is 0 Å². The minimum absolute atomic E-state index is 0.106. The molecule has 2 aromatic carbocycles. The molecule has 1 fully saturated rings. The van der Waals surface area contributed by atoms with Gasteiger partial charge in [-0.05, 0) is 23.8 Å². The summed E-state index contributed by atoms with van der Waals surface area (Å²) in [6, 6.07) is 13.9. The van der Waals surface area contributed by atoms with Crippen LogP contribution >= 0.6 is 0 Å². The second-order valence-electron chi connectivity index (χ2n) is 4.82. The topological polar surface area (TPSA) is 49.4 Å². The highest BCUT2D eigenvalue weighted by Gasteiger charge is 2.34. The Labute approximate surface area is 121 Å². The summed E-state index contributed by atoms with van der Waals surface area (Å²) in [5.41, 5.74) is 1.09.